The van der Waals surface area contributed by atoms with Crippen molar-refractivity contribution in [3.8, 4) is 0 Å². The van der Waals surface area contributed by atoms with Crippen LogP contribution < -0.4 is 5.73 Å². The van der Waals surface area contributed by atoms with Crippen LogP contribution >= 0.6 is 7.82 Å². The lowest BCUT2D eigenvalue weighted by Gasteiger charge is -2.29. The summed E-state index contributed by atoms with van der Waals surface area (Å²) < 4.78 is 35.0. The van der Waals surface area contributed by atoms with Gasteiger partial charge in [0, 0.05) is 32.5 Å². The van der Waals surface area contributed by atoms with Crippen molar-refractivity contribution in [2.75, 3.05) is 46.5 Å². The van der Waals surface area contributed by atoms with Crippen LogP contribution in [0.15, 0.2) is 48.6 Å². The van der Waals surface area contributed by atoms with Gasteiger partial charge in [-0.1, -0.05) is 140 Å². The first-order chi connectivity index (χ1) is 26.4. The van der Waals surface area contributed by atoms with E-state index >= 15 is 0 Å². The van der Waals surface area contributed by atoms with E-state index in [1.165, 1.54) is 128 Å². The number of phosphoric acid groups is 1. The molecule has 1 heterocycles. The van der Waals surface area contributed by atoms with Gasteiger partial charge in [0.2, 0.25) is 0 Å². The second-order valence-electron chi connectivity index (χ2n) is 15.3. The number of nitrogens with zero attached hydrogens (tertiary/aromatic N) is 1. The quantitative estimate of drug-likeness (QED) is 0.0361. The normalized spacial score (nSPS) is 19.2. The molecule has 1 fully saturated rings. The topological polar surface area (TPSA) is 103 Å². The van der Waals surface area contributed by atoms with Crippen LogP contribution in [0.25, 0.3) is 0 Å². The van der Waals surface area contributed by atoms with E-state index in [4.69, 9.17) is 24.3 Å². The zero-order valence-electron chi connectivity index (χ0n) is 35.3. The number of rotatable bonds is 39. The largest absolute Gasteiger partial charge is 0.472 e. The maximum Gasteiger partial charge on any atom is 0.472 e. The molecule has 2 atom stereocenters. The number of likely N-dealkylation sites (N-methyl/N-ethyl adjacent to an activating group) is 1. The first kappa shape index (κ1) is 50.9. The number of unbranched alkanes of at least 4 members (excludes halogenated alkanes) is 18. The van der Waals surface area contributed by atoms with E-state index in [1.807, 2.05) is 7.05 Å². The predicted molar refractivity (Wildman–Crippen MR) is 230 cm³/mol. The Labute approximate surface area is 333 Å². The molecule has 3 N–H and O–H groups in total. The Morgan fingerprint density at radius 1 is 0.667 bits per heavy atom. The summed E-state index contributed by atoms with van der Waals surface area (Å²) in [5, 5.41) is 0. The summed E-state index contributed by atoms with van der Waals surface area (Å²) in [5.41, 5.74) is 5.36. The Balaban J connectivity index is 2.37. The van der Waals surface area contributed by atoms with Crippen LogP contribution in [0.1, 0.15) is 181 Å². The summed E-state index contributed by atoms with van der Waals surface area (Å²) >= 11 is 0. The van der Waals surface area contributed by atoms with Crippen molar-refractivity contribution >= 4 is 7.82 Å². The van der Waals surface area contributed by atoms with Gasteiger partial charge in [-0.3, -0.25) is 9.05 Å². The molecule has 1 rings (SSSR count). The van der Waals surface area contributed by atoms with Gasteiger partial charge in [0.05, 0.1) is 25.9 Å². The van der Waals surface area contributed by atoms with Crippen LogP contribution in [-0.4, -0.2) is 68.2 Å². The van der Waals surface area contributed by atoms with Crippen molar-refractivity contribution in [1.82, 2.24) is 4.90 Å². The molecular weight excluding hydrogens is 695 g/mol. The molecule has 0 amide bonds. The predicted octanol–water partition coefficient (Wildman–Crippen LogP) is 12.5. The third-order valence-electron chi connectivity index (χ3n) is 10.0. The van der Waals surface area contributed by atoms with E-state index in [2.05, 4.69) is 67.4 Å². The Morgan fingerprint density at radius 2 is 1.09 bits per heavy atom. The molecule has 0 radical (unpaired) electrons. The second kappa shape index (κ2) is 36.3. The molecule has 54 heavy (non-hydrogen) atoms. The van der Waals surface area contributed by atoms with E-state index in [9.17, 15) is 9.46 Å². The number of ether oxygens (including phenoxy) is 2. The Kier molecular flexibility index (Phi) is 34.2. The molecule has 9 heteroatoms. The molecule has 0 spiro atoms. The van der Waals surface area contributed by atoms with E-state index < -0.39 is 13.6 Å². The first-order valence-electron chi connectivity index (χ1n) is 22.3. The van der Waals surface area contributed by atoms with Gasteiger partial charge in [-0.15, -0.1) is 0 Å². The third kappa shape index (κ3) is 31.0. The van der Waals surface area contributed by atoms with Gasteiger partial charge in [0.15, 0.2) is 5.79 Å². The average molecular weight is 781 g/mol. The minimum Gasteiger partial charge on any atom is -0.347 e. The second-order valence-corrected chi connectivity index (χ2v) is 16.8. The van der Waals surface area contributed by atoms with Crippen LogP contribution in [0.2, 0.25) is 0 Å². The lowest BCUT2D eigenvalue weighted by atomic mass is 9.98. The maximum absolute atomic E-state index is 11.9. The number of phosphoric ester groups is 1. The first-order valence-corrected chi connectivity index (χ1v) is 23.8. The molecule has 0 aromatic heterocycles. The van der Waals surface area contributed by atoms with Crippen molar-refractivity contribution in [2.45, 2.75) is 193 Å². The standard InChI is InChI=1S/C45H85N2O6P/c1-4-6-8-10-12-14-16-18-20-22-24-26-28-30-32-34-36-45(37-35-33-31-29-27-25-23-21-19-17-15-13-11-9-7-5-2)50-43-44(53-45)42-47(3)39-41-52-54(48,49)51-40-38-46/h12-15,18-21,44H,4-11,16-17,22-43,46H2,1-3H3,(H,48,49)/t44-,45?/m0/s1. The summed E-state index contributed by atoms with van der Waals surface area (Å²) in [6.45, 7) is 6.50. The molecule has 316 valence electrons. The van der Waals surface area contributed by atoms with Crippen LogP contribution in [0, 0.1) is 0 Å². The molecule has 8 nitrogen and oxygen atoms in total. The van der Waals surface area contributed by atoms with Crippen molar-refractivity contribution in [1.29, 1.82) is 0 Å². The maximum atomic E-state index is 11.9. The van der Waals surface area contributed by atoms with Crippen LogP contribution in [0.4, 0.5) is 0 Å². The van der Waals surface area contributed by atoms with E-state index in [1.54, 1.807) is 0 Å². The molecule has 0 aliphatic carbocycles. The molecular formula is C45H85N2O6P. The zero-order chi connectivity index (χ0) is 39.3. The number of nitrogens with two attached hydrogens (primary N) is 1. The Hall–Kier alpha value is -1.09. The van der Waals surface area contributed by atoms with Crippen molar-refractivity contribution in [2.24, 2.45) is 5.73 Å². The summed E-state index contributed by atoms with van der Waals surface area (Å²) in [7, 11) is -2.09. The van der Waals surface area contributed by atoms with Crippen molar-refractivity contribution < 1.29 is 28.0 Å². The number of hydrogen-bond donors (Lipinski definition) is 2. The number of allylic oxidation sites excluding steroid dienone is 8. The van der Waals surface area contributed by atoms with Gasteiger partial charge < -0.3 is 25.0 Å². The van der Waals surface area contributed by atoms with Gasteiger partial charge in [-0.25, -0.2) is 4.57 Å². The molecule has 0 aromatic rings. The molecule has 0 aromatic carbocycles. The molecule has 1 saturated heterocycles. The highest BCUT2D eigenvalue weighted by Crippen LogP contribution is 2.42. The van der Waals surface area contributed by atoms with Gasteiger partial charge in [0.25, 0.3) is 0 Å². The van der Waals surface area contributed by atoms with E-state index in [0.29, 0.717) is 19.7 Å². The van der Waals surface area contributed by atoms with Crippen LogP contribution in [0.3, 0.4) is 0 Å². The van der Waals surface area contributed by atoms with Gasteiger partial charge in [-0.2, -0.15) is 0 Å². The fraction of sp³-hybridized carbons (Fsp3) is 0.822. The van der Waals surface area contributed by atoms with Crippen molar-refractivity contribution in [3.63, 3.8) is 0 Å². The van der Waals surface area contributed by atoms with Gasteiger partial charge >= 0.3 is 7.82 Å². The molecule has 0 bridgehead atoms. The Morgan fingerprint density at radius 3 is 1.56 bits per heavy atom. The third-order valence-corrected chi connectivity index (χ3v) is 11.1. The fourth-order valence-electron chi connectivity index (χ4n) is 6.82. The highest BCUT2D eigenvalue weighted by molar-refractivity contribution is 7.47. The molecule has 1 unspecified atom stereocenters. The lowest BCUT2D eigenvalue weighted by molar-refractivity contribution is -0.180. The highest BCUT2D eigenvalue weighted by Gasteiger charge is 2.40. The lowest BCUT2D eigenvalue weighted by Crippen LogP contribution is -2.36. The zero-order valence-corrected chi connectivity index (χ0v) is 36.2. The minimum atomic E-state index is -4.07. The fourth-order valence-corrected chi connectivity index (χ4v) is 7.54. The van der Waals surface area contributed by atoms with E-state index in [-0.39, 0.29) is 25.9 Å². The average Bonchev–Trinajstić information content (AvgIpc) is 3.55. The van der Waals surface area contributed by atoms with E-state index in [0.717, 1.165) is 38.5 Å². The molecule has 1 aliphatic rings. The summed E-state index contributed by atoms with van der Waals surface area (Å²) in [6, 6.07) is 0. The Bertz CT molecular complexity index is 955. The smallest absolute Gasteiger partial charge is 0.347 e. The van der Waals surface area contributed by atoms with Crippen molar-refractivity contribution in [3.05, 3.63) is 48.6 Å². The summed E-state index contributed by atoms with van der Waals surface area (Å²) in [6.07, 6.45) is 50.2. The highest BCUT2D eigenvalue weighted by atomic mass is 31.2. The van der Waals surface area contributed by atoms with Gasteiger partial charge in [0.1, 0.15) is 0 Å². The monoisotopic (exact) mass is 781 g/mol. The van der Waals surface area contributed by atoms with Crippen LogP contribution in [0.5, 0.6) is 0 Å². The SMILES string of the molecule is CCCCCC=CCC=CCCCCCCCCC1(CCCCCCCCC=CCC=CCCCCC)OC[C@H](CN(C)CCOP(=O)(O)OCCN)O1. The van der Waals surface area contributed by atoms with Crippen LogP contribution in [-0.2, 0) is 23.1 Å². The summed E-state index contributed by atoms with van der Waals surface area (Å²) in [4.78, 5) is 11.8. The molecule has 0 saturated carbocycles. The van der Waals surface area contributed by atoms with Gasteiger partial charge in [-0.05, 0) is 84.1 Å². The number of hydrogen-bond acceptors (Lipinski definition) is 7. The summed E-state index contributed by atoms with van der Waals surface area (Å²) in [5.74, 6) is -0.497. The molecule has 1 aliphatic heterocycles. The minimum absolute atomic E-state index is 0.0106.